The van der Waals surface area contributed by atoms with Crippen LogP contribution in [0.25, 0.3) is 11.1 Å². The number of carboxylic acids is 1. The van der Waals surface area contributed by atoms with Crippen molar-refractivity contribution in [2.24, 2.45) is 5.92 Å². The molecule has 2 atom stereocenters. The van der Waals surface area contributed by atoms with Crippen LogP contribution in [-0.4, -0.2) is 54.0 Å². The van der Waals surface area contributed by atoms with Gasteiger partial charge in [-0.25, -0.2) is 4.79 Å². The SMILES string of the molecule is CCC(CCNC(=O)CC(O)CNC(=O)OCC1c2ccccc2-c2ccccc21)CCC(=O)O. The first-order valence-electron chi connectivity index (χ1n) is 12.1. The summed E-state index contributed by atoms with van der Waals surface area (Å²) >= 11 is 0. The number of hydrogen-bond donors (Lipinski definition) is 4. The lowest BCUT2D eigenvalue weighted by Gasteiger charge is -2.16. The topological polar surface area (TPSA) is 125 Å². The smallest absolute Gasteiger partial charge is 0.407 e. The van der Waals surface area contributed by atoms with Crippen molar-refractivity contribution in [2.75, 3.05) is 19.7 Å². The van der Waals surface area contributed by atoms with Gasteiger partial charge in [0.15, 0.2) is 0 Å². The van der Waals surface area contributed by atoms with Gasteiger partial charge in [0.05, 0.1) is 12.5 Å². The quantitative estimate of drug-likeness (QED) is 0.345. The molecule has 2 unspecified atom stereocenters. The maximum absolute atomic E-state index is 12.2. The van der Waals surface area contributed by atoms with Gasteiger partial charge >= 0.3 is 12.1 Å². The second-order valence-corrected chi connectivity index (χ2v) is 8.91. The van der Waals surface area contributed by atoms with Crippen molar-refractivity contribution < 1.29 is 29.3 Å². The van der Waals surface area contributed by atoms with E-state index in [2.05, 4.69) is 22.8 Å². The molecule has 0 spiro atoms. The molecule has 0 saturated carbocycles. The van der Waals surface area contributed by atoms with E-state index in [0.717, 1.165) is 28.7 Å². The fourth-order valence-electron chi connectivity index (χ4n) is 4.50. The van der Waals surface area contributed by atoms with E-state index in [1.54, 1.807) is 0 Å². The van der Waals surface area contributed by atoms with Crippen molar-refractivity contribution >= 4 is 18.0 Å². The number of ether oxygens (including phenoxy) is 1. The molecule has 0 fully saturated rings. The number of rotatable bonds is 13. The van der Waals surface area contributed by atoms with Gasteiger partial charge in [-0.1, -0.05) is 61.9 Å². The fourth-order valence-corrected chi connectivity index (χ4v) is 4.50. The molecule has 188 valence electrons. The fraction of sp³-hybridized carbons (Fsp3) is 0.444. The van der Waals surface area contributed by atoms with Crippen LogP contribution in [0, 0.1) is 5.92 Å². The summed E-state index contributed by atoms with van der Waals surface area (Å²) in [7, 11) is 0. The van der Waals surface area contributed by atoms with Crippen molar-refractivity contribution in [3.63, 3.8) is 0 Å². The highest BCUT2D eigenvalue weighted by Gasteiger charge is 2.29. The Morgan fingerprint density at radius 2 is 1.60 bits per heavy atom. The standard InChI is InChI=1S/C27H34N2O6/c1-2-18(11-12-26(32)33)13-14-28-25(31)15-19(30)16-29-27(34)35-17-24-22-9-5-3-7-20(22)21-8-4-6-10-23(21)24/h3-10,18-19,24,30H,2,11-17H2,1H3,(H,28,31)(H,29,34)(H,32,33). The average Bonchev–Trinajstić information content (AvgIpc) is 3.17. The molecule has 0 aliphatic heterocycles. The lowest BCUT2D eigenvalue weighted by atomic mass is 9.96. The summed E-state index contributed by atoms with van der Waals surface area (Å²) in [4.78, 5) is 35.0. The number of carbonyl (C=O) groups is 3. The van der Waals surface area contributed by atoms with Crippen LogP contribution in [0.15, 0.2) is 48.5 Å². The Labute approximate surface area is 205 Å². The summed E-state index contributed by atoms with van der Waals surface area (Å²) in [6, 6.07) is 16.1. The highest BCUT2D eigenvalue weighted by Crippen LogP contribution is 2.44. The van der Waals surface area contributed by atoms with Gasteiger partial charge in [-0.05, 0) is 41.0 Å². The maximum atomic E-state index is 12.2. The van der Waals surface area contributed by atoms with E-state index >= 15 is 0 Å². The number of alkyl carbamates (subject to hydrolysis) is 1. The van der Waals surface area contributed by atoms with E-state index in [0.29, 0.717) is 19.4 Å². The Morgan fingerprint density at radius 1 is 0.971 bits per heavy atom. The minimum Gasteiger partial charge on any atom is -0.481 e. The number of aliphatic hydroxyl groups excluding tert-OH is 1. The maximum Gasteiger partial charge on any atom is 0.407 e. The average molecular weight is 483 g/mol. The summed E-state index contributed by atoms with van der Waals surface area (Å²) < 4.78 is 5.43. The van der Waals surface area contributed by atoms with Gasteiger partial charge in [0, 0.05) is 25.4 Å². The van der Waals surface area contributed by atoms with Crippen LogP contribution in [-0.2, 0) is 14.3 Å². The van der Waals surface area contributed by atoms with E-state index in [9.17, 15) is 19.5 Å². The van der Waals surface area contributed by atoms with E-state index in [1.807, 2.05) is 43.3 Å². The van der Waals surface area contributed by atoms with Gasteiger partial charge in [-0.3, -0.25) is 9.59 Å². The molecule has 4 N–H and O–H groups in total. The number of amides is 2. The third-order valence-electron chi connectivity index (χ3n) is 6.47. The first-order chi connectivity index (χ1) is 16.9. The predicted molar refractivity (Wildman–Crippen MR) is 132 cm³/mol. The molecular weight excluding hydrogens is 448 g/mol. The first kappa shape index (κ1) is 26.2. The summed E-state index contributed by atoms with van der Waals surface area (Å²) in [5, 5.41) is 24.2. The van der Waals surface area contributed by atoms with Crippen molar-refractivity contribution in [1.29, 1.82) is 0 Å². The molecule has 8 nitrogen and oxygen atoms in total. The van der Waals surface area contributed by atoms with Gasteiger partial charge in [-0.2, -0.15) is 0 Å². The summed E-state index contributed by atoms with van der Waals surface area (Å²) in [6.45, 7) is 2.49. The van der Waals surface area contributed by atoms with Gasteiger partial charge < -0.3 is 25.6 Å². The van der Waals surface area contributed by atoms with Crippen LogP contribution in [0.4, 0.5) is 4.79 Å². The normalized spacial score (nSPS) is 13.9. The zero-order valence-electron chi connectivity index (χ0n) is 20.0. The summed E-state index contributed by atoms with van der Waals surface area (Å²) in [5.41, 5.74) is 4.52. The van der Waals surface area contributed by atoms with Crippen LogP contribution >= 0.6 is 0 Å². The number of aliphatic carboxylic acids is 1. The molecule has 8 heteroatoms. The number of aliphatic hydroxyl groups is 1. The van der Waals surface area contributed by atoms with Crippen molar-refractivity contribution in [3.8, 4) is 11.1 Å². The third kappa shape index (κ3) is 7.55. The number of fused-ring (bicyclic) bond motifs is 3. The van der Waals surface area contributed by atoms with Gasteiger partial charge in [-0.15, -0.1) is 0 Å². The molecule has 0 radical (unpaired) electrons. The van der Waals surface area contributed by atoms with Crippen molar-refractivity contribution in [1.82, 2.24) is 10.6 Å². The van der Waals surface area contributed by atoms with Crippen LogP contribution in [0.2, 0.25) is 0 Å². The highest BCUT2D eigenvalue weighted by molar-refractivity contribution is 5.79. The molecule has 2 amide bonds. The van der Waals surface area contributed by atoms with Gasteiger partial charge in [0.2, 0.25) is 5.91 Å². The molecule has 0 saturated heterocycles. The second-order valence-electron chi connectivity index (χ2n) is 8.91. The molecule has 2 aromatic rings. The second kappa shape index (κ2) is 12.9. The molecule has 35 heavy (non-hydrogen) atoms. The van der Waals surface area contributed by atoms with Gasteiger partial charge in [0.1, 0.15) is 6.61 Å². The Bertz CT molecular complexity index is 979. The molecule has 0 heterocycles. The Balaban J connectivity index is 1.36. The number of benzene rings is 2. The molecular formula is C27H34N2O6. The van der Waals surface area contributed by atoms with E-state index in [-0.39, 0.29) is 43.7 Å². The lowest BCUT2D eigenvalue weighted by Crippen LogP contribution is -2.37. The highest BCUT2D eigenvalue weighted by atomic mass is 16.5. The van der Waals surface area contributed by atoms with Crippen LogP contribution < -0.4 is 10.6 Å². The Morgan fingerprint density at radius 3 is 2.20 bits per heavy atom. The zero-order valence-corrected chi connectivity index (χ0v) is 20.0. The molecule has 1 aliphatic rings. The molecule has 1 aliphatic carbocycles. The number of hydrogen-bond acceptors (Lipinski definition) is 5. The van der Waals surface area contributed by atoms with Crippen LogP contribution in [0.1, 0.15) is 56.1 Å². The van der Waals surface area contributed by atoms with E-state index in [4.69, 9.17) is 9.84 Å². The number of carbonyl (C=O) groups excluding carboxylic acids is 2. The molecule has 3 rings (SSSR count). The summed E-state index contributed by atoms with van der Waals surface area (Å²) in [6.07, 6.45) is 0.399. The lowest BCUT2D eigenvalue weighted by molar-refractivity contribution is -0.137. The molecule has 0 bridgehead atoms. The van der Waals surface area contributed by atoms with Crippen LogP contribution in [0.5, 0.6) is 0 Å². The monoisotopic (exact) mass is 482 g/mol. The Kier molecular flexibility index (Phi) is 9.66. The minimum atomic E-state index is -1.04. The van der Waals surface area contributed by atoms with Crippen molar-refractivity contribution in [2.45, 2.75) is 51.0 Å². The minimum absolute atomic E-state index is 0.0497. The van der Waals surface area contributed by atoms with E-state index < -0.39 is 18.2 Å². The van der Waals surface area contributed by atoms with E-state index in [1.165, 1.54) is 0 Å². The molecule has 0 aromatic heterocycles. The third-order valence-corrected chi connectivity index (χ3v) is 6.47. The van der Waals surface area contributed by atoms with Crippen molar-refractivity contribution in [3.05, 3.63) is 59.7 Å². The number of carboxylic acid groups (broad SMARTS) is 1. The zero-order chi connectivity index (χ0) is 25.2. The predicted octanol–water partition coefficient (Wildman–Crippen LogP) is 3.67. The Hall–Kier alpha value is -3.39. The summed E-state index contributed by atoms with van der Waals surface area (Å²) in [5.74, 6) is -0.961. The van der Waals surface area contributed by atoms with Gasteiger partial charge in [0.25, 0.3) is 0 Å². The van der Waals surface area contributed by atoms with Crippen LogP contribution in [0.3, 0.4) is 0 Å². The molecule has 2 aromatic carbocycles. The number of nitrogens with one attached hydrogen (secondary N) is 2. The largest absolute Gasteiger partial charge is 0.481 e. The first-order valence-corrected chi connectivity index (χ1v) is 12.1.